The van der Waals surface area contributed by atoms with Crippen LogP contribution in [-0.2, 0) is 9.59 Å². The minimum Gasteiger partial charge on any atom is -0.354 e. The third kappa shape index (κ3) is 8.13. The van der Waals surface area contributed by atoms with Crippen LogP contribution in [0.4, 0.5) is 0 Å². The van der Waals surface area contributed by atoms with Crippen molar-refractivity contribution in [1.82, 2.24) is 15.5 Å². The molecule has 2 amide bonds. The van der Waals surface area contributed by atoms with Crippen molar-refractivity contribution >= 4 is 11.8 Å². The third-order valence-corrected chi connectivity index (χ3v) is 4.69. The Balaban J connectivity index is 2.34. The van der Waals surface area contributed by atoms with E-state index in [2.05, 4.69) is 24.5 Å². The van der Waals surface area contributed by atoms with Crippen LogP contribution in [0, 0.1) is 0 Å². The maximum Gasteiger partial charge on any atom is 0.244 e. The highest BCUT2D eigenvalue weighted by Crippen LogP contribution is 2.11. The van der Waals surface area contributed by atoms with Crippen LogP contribution in [0.25, 0.3) is 0 Å². The lowest BCUT2D eigenvalue weighted by atomic mass is 10.1. The number of rotatable bonds is 12. The average molecular weight is 340 g/mol. The van der Waals surface area contributed by atoms with E-state index in [0.717, 1.165) is 32.2 Å². The lowest BCUT2D eigenvalue weighted by molar-refractivity contribution is -0.141. The van der Waals surface area contributed by atoms with Crippen molar-refractivity contribution in [2.24, 2.45) is 0 Å². The summed E-state index contributed by atoms with van der Waals surface area (Å²) in [5, 5.41) is 6.25. The number of carbonyl (C=O) groups excluding carboxylic acids is 2. The highest BCUT2D eigenvalue weighted by Gasteiger charge is 2.31. The van der Waals surface area contributed by atoms with Gasteiger partial charge in [-0.3, -0.25) is 9.59 Å². The van der Waals surface area contributed by atoms with Gasteiger partial charge in [-0.2, -0.15) is 0 Å². The fourth-order valence-corrected chi connectivity index (χ4v) is 3.14. The first-order chi connectivity index (χ1) is 11.7. The molecule has 0 aromatic heterocycles. The van der Waals surface area contributed by atoms with Gasteiger partial charge in [0.25, 0.3) is 0 Å². The molecule has 24 heavy (non-hydrogen) atoms. The molecular formula is C19H37N3O2. The van der Waals surface area contributed by atoms with Crippen molar-refractivity contribution in [3.63, 3.8) is 0 Å². The van der Waals surface area contributed by atoms with Gasteiger partial charge in [0.15, 0.2) is 0 Å². The van der Waals surface area contributed by atoms with Crippen molar-refractivity contribution in [3.05, 3.63) is 0 Å². The van der Waals surface area contributed by atoms with Crippen molar-refractivity contribution < 1.29 is 9.59 Å². The molecule has 1 unspecified atom stereocenters. The molecule has 1 heterocycles. The number of hydrogen-bond acceptors (Lipinski definition) is 3. The van der Waals surface area contributed by atoms with Crippen LogP contribution in [0.1, 0.15) is 78.1 Å². The maximum absolute atomic E-state index is 12.5. The Hall–Kier alpha value is -1.10. The number of nitrogens with one attached hydrogen (secondary N) is 2. The quantitative estimate of drug-likeness (QED) is 0.538. The van der Waals surface area contributed by atoms with Gasteiger partial charge in [-0.1, -0.05) is 58.8 Å². The zero-order valence-electron chi connectivity index (χ0n) is 15.7. The molecule has 0 saturated carbocycles. The molecule has 5 nitrogen and oxygen atoms in total. The standard InChI is InChI=1S/C19H37N3O2/c1-3-5-7-9-10-12-18(23)22-15-14-20-16-17(22)19(24)21-13-11-8-6-4-2/h17,20H,3-16H2,1-2H3,(H,21,24). The molecule has 0 spiro atoms. The fraction of sp³-hybridized carbons (Fsp3) is 0.895. The molecule has 140 valence electrons. The normalized spacial score (nSPS) is 17.8. The summed E-state index contributed by atoms with van der Waals surface area (Å²) in [4.78, 5) is 26.7. The second-order valence-electron chi connectivity index (χ2n) is 6.82. The zero-order valence-corrected chi connectivity index (χ0v) is 15.7. The van der Waals surface area contributed by atoms with Crippen LogP contribution in [-0.4, -0.2) is 48.9 Å². The van der Waals surface area contributed by atoms with Crippen molar-refractivity contribution in [2.45, 2.75) is 84.1 Å². The molecule has 0 radical (unpaired) electrons. The molecule has 5 heteroatoms. The van der Waals surface area contributed by atoms with Crippen LogP contribution in [0.15, 0.2) is 0 Å². The monoisotopic (exact) mass is 339 g/mol. The van der Waals surface area contributed by atoms with E-state index in [1.807, 2.05) is 0 Å². The Bertz CT molecular complexity index is 327. The summed E-state index contributed by atoms with van der Waals surface area (Å²) in [6.45, 7) is 7.08. The number of piperazine rings is 1. The Morgan fingerprint density at radius 3 is 2.38 bits per heavy atom. The lowest BCUT2D eigenvalue weighted by Gasteiger charge is -2.35. The van der Waals surface area contributed by atoms with Gasteiger partial charge < -0.3 is 15.5 Å². The Morgan fingerprint density at radius 1 is 1.00 bits per heavy atom. The molecular weight excluding hydrogens is 302 g/mol. The maximum atomic E-state index is 12.5. The average Bonchev–Trinajstić information content (AvgIpc) is 2.61. The predicted octanol–water partition coefficient (Wildman–Crippen LogP) is 2.84. The summed E-state index contributed by atoms with van der Waals surface area (Å²) in [6, 6.07) is -0.340. The molecule has 1 rings (SSSR count). The first-order valence-electron chi connectivity index (χ1n) is 9.98. The minimum atomic E-state index is -0.340. The van der Waals surface area contributed by atoms with Gasteiger partial charge in [-0.15, -0.1) is 0 Å². The van der Waals surface area contributed by atoms with Gasteiger partial charge in [0.2, 0.25) is 11.8 Å². The van der Waals surface area contributed by atoms with E-state index in [4.69, 9.17) is 0 Å². The van der Waals surface area contributed by atoms with E-state index in [9.17, 15) is 9.59 Å². The topological polar surface area (TPSA) is 61.4 Å². The molecule has 0 aromatic carbocycles. The van der Waals surface area contributed by atoms with Gasteiger partial charge in [0.05, 0.1) is 0 Å². The molecule has 2 N–H and O–H groups in total. The molecule has 0 aliphatic carbocycles. The van der Waals surface area contributed by atoms with Crippen molar-refractivity contribution in [1.29, 1.82) is 0 Å². The smallest absolute Gasteiger partial charge is 0.244 e. The van der Waals surface area contributed by atoms with Gasteiger partial charge in [-0.25, -0.2) is 0 Å². The first kappa shape index (κ1) is 20.9. The fourth-order valence-electron chi connectivity index (χ4n) is 3.14. The molecule has 0 aromatic rings. The van der Waals surface area contributed by atoms with Crippen molar-refractivity contribution in [3.8, 4) is 0 Å². The molecule has 1 atom stereocenters. The number of amides is 2. The second-order valence-corrected chi connectivity index (χ2v) is 6.82. The van der Waals surface area contributed by atoms with E-state index in [-0.39, 0.29) is 17.9 Å². The SMILES string of the molecule is CCCCCCCC(=O)N1CCNCC1C(=O)NCCCCCC. The predicted molar refractivity (Wildman–Crippen MR) is 98.9 cm³/mol. The van der Waals surface area contributed by atoms with E-state index >= 15 is 0 Å². The van der Waals surface area contributed by atoms with E-state index in [1.165, 1.54) is 32.1 Å². The number of nitrogens with zero attached hydrogens (tertiary/aromatic N) is 1. The largest absolute Gasteiger partial charge is 0.354 e. The van der Waals surface area contributed by atoms with E-state index in [0.29, 0.717) is 26.1 Å². The summed E-state index contributed by atoms with van der Waals surface area (Å²) in [6.07, 6.45) is 10.9. The Labute approximate surface area is 147 Å². The van der Waals surface area contributed by atoms with Gasteiger partial charge in [0, 0.05) is 32.6 Å². The van der Waals surface area contributed by atoms with Gasteiger partial charge >= 0.3 is 0 Å². The number of carbonyl (C=O) groups is 2. The third-order valence-electron chi connectivity index (χ3n) is 4.69. The molecule has 1 aliphatic heterocycles. The highest BCUT2D eigenvalue weighted by atomic mass is 16.2. The first-order valence-corrected chi connectivity index (χ1v) is 9.98. The van der Waals surface area contributed by atoms with Crippen molar-refractivity contribution in [2.75, 3.05) is 26.2 Å². The lowest BCUT2D eigenvalue weighted by Crippen LogP contribution is -2.59. The molecule has 0 bridgehead atoms. The van der Waals surface area contributed by atoms with Crippen LogP contribution in [0.3, 0.4) is 0 Å². The summed E-state index contributed by atoms with van der Waals surface area (Å²) in [7, 11) is 0. The van der Waals surface area contributed by atoms with E-state index in [1.54, 1.807) is 4.90 Å². The number of unbranched alkanes of at least 4 members (excludes halogenated alkanes) is 7. The second kappa shape index (κ2) is 13.2. The van der Waals surface area contributed by atoms with Crippen LogP contribution >= 0.6 is 0 Å². The molecule has 1 aliphatic rings. The summed E-state index contributed by atoms with van der Waals surface area (Å²) < 4.78 is 0. The summed E-state index contributed by atoms with van der Waals surface area (Å²) >= 11 is 0. The summed E-state index contributed by atoms with van der Waals surface area (Å²) in [5.74, 6) is 0.136. The minimum absolute atomic E-state index is 0.00182. The van der Waals surface area contributed by atoms with Gasteiger partial charge in [0.1, 0.15) is 6.04 Å². The van der Waals surface area contributed by atoms with Crippen LogP contribution in [0.2, 0.25) is 0 Å². The van der Waals surface area contributed by atoms with Crippen LogP contribution in [0.5, 0.6) is 0 Å². The zero-order chi connectivity index (χ0) is 17.6. The number of hydrogen-bond donors (Lipinski definition) is 2. The highest BCUT2D eigenvalue weighted by molar-refractivity contribution is 5.88. The van der Waals surface area contributed by atoms with Crippen LogP contribution < -0.4 is 10.6 Å². The molecule has 1 saturated heterocycles. The Morgan fingerprint density at radius 2 is 1.67 bits per heavy atom. The molecule has 1 fully saturated rings. The van der Waals surface area contributed by atoms with E-state index < -0.39 is 0 Å². The Kier molecular flexibility index (Phi) is 11.5. The summed E-state index contributed by atoms with van der Waals surface area (Å²) in [5.41, 5.74) is 0. The van der Waals surface area contributed by atoms with Gasteiger partial charge in [-0.05, 0) is 12.8 Å².